The molecule has 5 heteroatoms. The summed E-state index contributed by atoms with van der Waals surface area (Å²) in [5.41, 5.74) is 0.712. The Labute approximate surface area is 130 Å². The fourth-order valence-corrected chi connectivity index (χ4v) is 2.54. The van der Waals surface area contributed by atoms with Crippen molar-refractivity contribution in [2.24, 2.45) is 0 Å². The van der Waals surface area contributed by atoms with Crippen molar-refractivity contribution in [1.82, 2.24) is 0 Å². The normalized spacial score (nSPS) is 10.8. The van der Waals surface area contributed by atoms with Crippen molar-refractivity contribution in [3.05, 3.63) is 69.5 Å². The van der Waals surface area contributed by atoms with Gasteiger partial charge in [-0.25, -0.2) is 4.79 Å². The lowest BCUT2D eigenvalue weighted by Gasteiger charge is -2.11. The number of halogens is 2. The number of fused-ring (bicyclic) bond motifs is 1. The minimum atomic E-state index is -0.497. The molecule has 3 aromatic rings. The molecule has 0 radical (unpaired) electrons. The van der Waals surface area contributed by atoms with E-state index in [-0.39, 0.29) is 0 Å². The molecule has 1 heterocycles. The van der Waals surface area contributed by atoms with Crippen LogP contribution in [0.15, 0.2) is 57.7 Å². The zero-order valence-corrected chi connectivity index (χ0v) is 12.3. The van der Waals surface area contributed by atoms with Crippen molar-refractivity contribution in [2.45, 2.75) is 5.88 Å². The molecule has 0 spiro atoms. The Balaban J connectivity index is 2.18. The summed E-state index contributed by atoms with van der Waals surface area (Å²) in [6.45, 7) is 0. The van der Waals surface area contributed by atoms with Crippen molar-refractivity contribution in [1.29, 1.82) is 0 Å². The highest BCUT2D eigenvalue weighted by Crippen LogP contribution is 2.35. The molecule has 0 aliphatic heterocycles. The van der Waals surface area contributed by atoms with Gasteiger partial charge >= 0.3 is 5.63 Å². The van der Waals surface area contributed by atoms with Crippen LogP contribution in [0.25, 0.3) is 11.0 Å². The molecule has 106 valence electrons. The van der Waals surface area contributed by atoms with Crippen LogP contribution in [-0.2, 0) is 5.88 Å². The first kappa shape index (κ1) is 14.0. The summed E-state index contributed by atoms with van der Waals surface area (Å²) in [6, 6.07) is 13.7. The second kappa shape index (κ2) is 5.80. The van der Waals surface area contributed by atoms with Crippen LogP contribution in [0, 0.1) is 0 Å². The first-order valence-corrected chi connectivity index (χ1v) is 7.14. The number of ether oxygens (including phenoxy) is 1. The molecule has 0 N–H and O–H groups in total. The van der Waals surface area contributed by atoms with Gasteiger partial charge in [-0.15, -0.1) is 11.6 Å². The van der Waals surface area contributed by atoms with Crippen LogP contribution in [0.1, 0.15) is 5.56 Å². The number of benzene rings is 2. The molecule has 0 atom stereocenters. The zero-order valence-electron chi connectivity index (χ0n) is 10.8. The molecule has 2 aromatic carbocycles. The fourth-order valence-electron chi connectivity index (χ4n) is 2.06. The Morgan fingerprint density at radius 2 is 1.86 bits per heavy atom. The van der Waals surface area contributed by atoms with Gasteiger partial charge in [-0.05, 0) is 18.2 Å². The fraction of sp³-hybridized carbons (Fsp3) is 0.0625. The van der Waals surface area contributed by atoms with Gasteiger partial charge in [-0.1, -0.05) is 35.9 Å². The maximum atomic E-state index is 11.6. The van der Waals surface area contributed by atoms with Gasteiger partial charge in [0.05, 0.1) is 22.4 Å². The Morgan fingerprint density at radius 1 is 1.05 bits per heavy atom. The average molecular weight is 321 g/mol. The number of hydrogen-bond acceptors (Lipinski definition) is 3. The molecule has 0 amide bonds. The van der Waals surface area contributed by atoms with Crippen molar-refractivity contribution in [3.63, 3.8) is 0 Å². The highest BCUT2D eigenvalue weighted by Gasteiger charge is 2.12. The third kappa shape index (κ3) is 2.75. The van der Waals surface area contributed by atoms with Crippen molar-refractivity contribution < 1.29 is 9.15 Å². The van der Waals surface area contributed by atoms with Crippen LogP contribution in [-0.4, -0.2) is 0 Å². The van der Waals surface area contributed by atoms with Gasteiger partial charge in [0.25, 0.3) is 0 Å². The first-order valence-electron chi connectivity index (χ1n) is 6.23. The van der Waals surface area contributed by atoms with Crippen LogP contribution < -0.4 is 10.4 Å². The Hall–Kier alpha value is -1.97. The minimum Gasteiger partial charge on any atom is -0.456 e. The van der Waals surface area contributed by atoms with Gasteiger partial charge in [-0.2, -0.15) is 0 Å². The first-order chi connectivity index (χ1) is 10.2. The van der Waals surface area contributed by atoms with Crippen LogP contribution in [0.3, 0.4) is 0 Å². The third-order valence-electron chi connectivity index (χ3n) is 3.02. The summed E-state index contributed by atoms with van der Waals surface area (Å²) in [7, 11) is 0. The standard InChI is InChI=1S/C16H10Cl2O3/c17-9-10-4-1-2-6-12(10)20-14-8-15(19)21-13-7-3-5-11(18)16(13)14/h1-8H,9H2. The van der Waals surface area contributed by atoms with Gasteiger partial charge in [-0.3, -0.25) is 0 Å². The molecule has 0 fully saturated rings. The number of para-hydroxylation sites is 1. The molecule has 3 rings (SSSR count). The van der Waals surface area contributed by atoms with E-state index in [0.29, 0.717) is 33.4 Å². The molecule has 1 aromatic heterocycles. The van der Waals surface area contributed by atoms with E-state index in [1.807, 2.05) is 18.2 Å². The third-order valence-corrected chi connectivity index (χ3v) is 3.62. The second-order valence-corrected chi connectivity index (χ2v) is 5.06. The Kier molecular flexibility index (Phi) is 3.86. The second-order valence-electron chi connectivity index (χ2n) is 4.39. The van der Waals surface area contributed by atoms with Crippen LogP contribution in [0.2, 0.25) is 5.02 Å². The summed E-state index contributed by atoms with van der Waals surface area (Å²) >= 11 is 12.1. The van der Waals surface area contributed by atoms with Gasteiger partial charge in [0.15, 0.2) is 0 Å². The number of hydrogen-bond donors (Lipinski definition) is 0. The van der Waals surface area contributed by atoms with E-state index in [1.165, 1.54) is 6.07 Å². The summed E-state index contributed by atoms with van der Waals surface area (Å²) in [5, 5.41) is 1.01. The lowest BCUT2D eigenvalue weighted by atomic mass is 10.2. The molecule has 0 unspecified atom stereocenters. The minimum absolute atomic E-state index is 0.309. The summed E-state index contributed by atoms with van der Waals surface area (Å²) in [5.74, 6) is 1.24. The highest BCUT2D eigenvalue weighted by atomic mass is 35.5. The Bertz CT molecular complexity index is 856. The lowest BCUT2D eigenvalue weighted by molar-refractivity contribution is 0.471. The predicted molar refractivity (Wildman–Crippen MR) is 83.6 cm³/mol. The number of alkyl halides is 1. The molecule has 0 saturated carbocycles. The summed E-state index contributed by atoms with van der Waals surface area (Å²) in [6.07, 6.45) is 0. The molecular weight excluding hydrogens is 311 g/mol. The van der Waals surface area contributed by atoms with Crippen molar-refractivity contribution in [2.75, 3.05) is 0 Å². The summed E-state index contributed by atoms with van der Waals surface area (Å²) in [4.78, 5) is 11.6. The molecule has 3 nitrogen and oxygen atoms in total. The van der Waals surface area contributed by atoms with Crippen LogP contribution in [0.5, 0.6) is 11.5 Å². The maximum Gasteiger partial charge on any atom is 0.339 e. The van der Waals surface area contributed by atoms with E-state index in [4.69, 9.17) is 32.4 Å². The van der Waals surface area contributed by atoms with Gasteiger partial charge < -0.3 is 9.15 Å². The predicted octanol–water partition coefficient (Wildman–Crippen LogP) is 4.98. The molecule has 0 bridgehead atoms. The quantitative estimate of drug-likeness (QED) is 0.504. The largest absolute Gasteiger partial charge is 0.456 e. The SMILES string of the molecule is O=c1cc(Oc2ccccc2CCl)c2c(Cl)cccc2o1. The van der Waals surface area contributed by atoms with E-state index < -0.39 is 5.63 Å². The van der Waals surface area contributed by atoms with Crippen molar-refractivity contribution >= 4 is 34.2 Å². The highest BCUT2D eigenvalue weighted by molar-refractivity contribution is 6.35. The lowest BCUT2D eigenvalue weighted by Crippen LogP contribution is -1.99. The van der Waals surface area contributed by atoms with E-state index in [2.05, 4.69) is 0 Å². The molecule has 21 heavy (non-hydrogen) atoms. The smallest absolute Gasteiger partial charge is 0.339 e. The molecule has 0 aliphatic carbocycles. The zero-order chi connectivity index (χ0) is 14.8. The topological polar surface area (TPSA) is 39.4 Å². The average Bonchev–Trinajstić information content (AvgIpc) is 2.47. The van der Waals surface area contributed by atoms with Gasteiger partial charge in [0.2, 0.25) is 0 Å². The van der Waals surface area contributed by atoms with E-state index >= 15 is 0 Å². The van der Waals surface area contributed by atoms with E-state index in [0.717, 1.165) is 5.56 Å². The van der Waals surface area contributed by atoms with E-state index in [1.54, 1.807) is 24.3 Å². The molecule has 0 saturated heterocycles. The number of rotatable bonds is 3. The molecule has 0 aliphatic rings. The Morgan fingerprint density at radius 3 is 2.67 bits per heavy atom. The molecular formula is C16H10Cl2O3. The maximum absolute atomic E-state index is 11.6. The van der Waals surface area contributed by atoms with Crippen LogP contribution in [0.4, 0.5) is 0 Å². The monoisotopic (exact) mass is 320 g/mol. The van der Waals surface area contributed by atoms with Gasteiger partial charge in [0, 0.05) is 5.56 Å². The summed E-state index contributed by atoms with van der Waals surface area (Å²) < 4.78 is 11.0. The van der Waals surface area contributed by atoms with E-state index in [9.17, 15) is 4.79 Å². The van der Waals surface area contributed by atoms with Crippen molar-refractivity contribution in [3.8, 4) is 11.5 Å². The van der Waals surface area contributed by atoms with Crippen LogP contribution >= 0.6 is 23.2 Å². The van der Waals surface area contributed by atoms with Gasteiger partial charge in [0.1, 0.15) is 17.1 Å².